The molecule has 0 aliphatic rings. The molecule has 4 nitrogen and oxygen atoms in total. The fraction of sp³-hybridized carbons (Fsp3) is 0.400. The third-order valence-corrected chi connectivity index (χ3v) is 2.85. The highest BCUT2D eigenvalue weighted by molar-refractivity contribution is 14.1. The van der Waals surface area contributed by atoms with Crippen molar-refractivity contribution in [3.8, 4) is 5.75 Å². The smallest absolute Gasteiger partial charge is 0.310 e. The van der Waals surface area contributed by atoms with E-state index in [1.165, 1.54) is 20.4 Å². The first kappa shape index (κ1) is 14.1. The molecule has 0 amide bonds. The van der Waals surface area contributed by atoms with Gasteiger partial charge in [-0.1, -0.05) is 0 Å². The number of alkyl halides is 2. The lowest BCUT2D eigenvalue weighted by atomic mass is 10.1. The molecule has 0 unspecified atom stereocenters. The standard InChI is InChI=1S/C10H10F2INO3/c1-16-7(15)3-5-8(10(11)12)14-4-6(13)9(5)17-2/h4,10H,3H2,1-2H3. The molecule has 0 fully saturated rings. The summed E-state index contributed by atoms with van der Waals surface area (Å²) in [6.45, 7) is 0. The number of rotatable bonds is 4. The molecule has 1 rings (SSSR count). The monoisotopic (exact) mass is 357 g/mol. The van der Waals surface area contributed by atoms with E-state index in [1.54, 1.807) is 0 Å². The SMILES string of the molecule is COC(=O)Cc1c(C(F)F)ncc(I)c1OC. The van der Waals surface area contributed by atoms with Gasteiger partial charge in [-0.3, -0.25) is 9.78 Å². The number of pyridine rings is 1. The Bertz CT molecular complexity index is 426. The van der Waals surface area contributed by atoms with Crippen LogP contribution >= 0.6 is 22.6 Å². The maximum absolute atomic E-state index is 12.8. The van der Waals surface area contributed by atoms with Crippen LogP contribution in [0.2, 0.25) is 0 Å². The van der Waals surface area contributed by atoms with Crippen LogP contribution in [0.3, 0.4) is 0 Å². The maximum atomic E-state index is 12.8. The number of hydrogen-bond donors (Lipinski definition) is 0. The van der Waals surface area contributed by atoms with Crippen LogP contribution < -0.4 is 4.74 Å². The molecule has 0 aliphatic carbocycles. The number of hydrogen-bond acceptors (Lipinski definition) is 4. The van der Waals surface area contributed by atoms with E-state index in [2.05, 4.69) is 9.72 Å². The molecular formula is C10H10F2INO3. The maximum Gasteiger partial charge on any atom is 0.310 e. The summed E-state index contributed by atoms with van der Waals surface area (Å²) in [6, 6.07) is 0. The van der Waals surface area contributed by atoms with Crippen molar-refractivity contribution in [3.05, 3.63) is 21.0 Å². The summed E-state index contributed by atoms with van der Waals surface area (Å²) in [5.74, 6) is -0.379. The highest BCUT2D eigenvalue weighted by atomic mass is 127. The Morgan fingerprint density at radius 3 is 2.65 bits per heavy atom. The highest BCUT2D eigenvalue weighted by Crippen LogP contribution is 2.32. The highest BCUT2D eigenvalue weighted by Gasteiger charge is 2.23. The van der Waals surface area contributed by atoms with Crippen molar-refractivity contribution < 1.29 is 23.0 Å². The van der Waals surface area contributed by atoms with Gasteiger partial charge in [-0.15, -0.1) is 0 Å². The predicted molar refractivity (Wildman–Crippen MR) is 64.2 cm³/mol. The van der Waals surface area contributed by atoms with Crippen LogP contribution in [0, 0.1) is 3.57 Å². The van der Waals surface area contributed by atoms with E-state index in [-0.39, 0.29) is 17.7 Å². The van der Waals surface area contributed by atoms with Gasteiger partial charge in [0.05, 0.1) is 24.2 Å². The van der Waals surface area contributed by atoms with Gasteiger partial charge in [-0.05, 0) is 22.6 Å². The topological polar surface area (TPSA) is 48.4 Å². The average Bonchev–Trinajstić information content (AvgIpc) is 2.28. The number of halogens is 3. The molecule has 7 heteroatoms. The van der Waals surface area contributed by atoms with Crippen molar-refractivity contribution in [1.29, 1.82) is 0 Å². The van der Waals surface area contributed by atoms with E-state index in [9.17, 15) is 13.6 Å². The quantitative estimate of drug-likeness (QED) is 0.613. The molecule has 17 heavy (non-hydrogen) atoms. The number of aromatic nitrogens is 1. The van der Waals surface area contributed by atoms with E-state index < -0.39 is 18.1 Å². The van der Waals surface area contributed by atoms with E-state index in [0.29, 0.717) is 3.57 Å². The second kappa shape index (κ2) is 6.08. The summed E-state index contributed by atoms with van der Waals surface area (Å²) in [7, 11) is 2.55. The Balaban J connectivity index is 3.28. The molecule has 0 radical (unpaired) electrons. The van der Waals surface area contributed by atoms with Gasteiger partial charge in [0.1, 0.15) is 11.4 Å². The van der Waals surface area contributed by atoms with Crippen LogP contribution in [0.15, 0.2) is 6.20 Å². The van der Waals surface area contributed by atoms with Crippen molar-refractivity contribution in [3.63, 3.8) is 0 Å². The lowest BCUT2D eigenvalue weighted by Gasteiger charge is -2.13. The molecule has 0 saturated heterocycles. The fourth-order valence-corrected chi connectivity index (χ4v) is 2.00. The number of esters is 1. The summed E-state index contributed by atoms with van der Waals surface area (Å²) in [5.41, 5.74) is -0.381. The first-order valence-corrected chi connectivity index (χ1v) is 5.65. The van der Waals surface area contributed by atoms with Crippen molar-refractivity contribution in [2.75, 3.05) is 14.2 Å². The van der Waals surface area contributed by atoms with Gasteiger partial charge in [0.15, 0.2) is 0 Å². The van der Waals surface area contributed by atoms with E-state index in [0.717, 1.165) is 0 Å². The molecular weight excluding hydrogens is 347 g/mol. The van der Waals surface area contributed by atoms with E-state index in [1.807, 2.05) is 22.6 Å². The number of methoxy groups -OCH3 is 2. The van der Waals surface area contributed by atoms with Crippen LogP contribution in [0.1, 0.15) is 17.7 Å². The Labute approximate surface area is 110 Å². The lowest BCUT2D eigenvalue weighted by molar-refractivity contribution is -0.139. The van der Waals surface area contributed by atoms with Crippen molar-refractivity contribution in [1.82, 2.24) is 4.98 Å². The minimum atomic E-state index is -2.76. The minimum Gasteiger partial charge on any atom is -0.495 e. The van der Waals surface area contributed by atoms with Crippen molar-refractivity contribution in [2.45, 2.75) is 12.8 Å². The van der Waals surface area contributed by atoms with Gasteiger partial charge >= 0.3 is 5.97 Å². The summed E-state index contributed by atoms with van der Waals surface area (Å²) >= 11 is 1.90. The van der Waals surface area contributed by atoms with Gasteiger partial charge in [0, 0.05) is 11.8 Å². The fourth-order valence-electron chi connectivity index (χ4n) is 1.32. The Morgan fingerprint density at radius 2 is 2.18 bits per heavy atom. The molecule has 0 saturated carbocycles. The van der Waals surface area contributed by atoms with E-state index in [4.69, 9.17) is 4.74 Å². The Hall–Kier alpha value is -0.990. The van der Waals surface area contributed by atoms with Gasteiger partial charge in [0.25, 0.3) is 6.43 Å². The van der Waals surface area contributed by atoms with Crippen LogP contribution in [0.25, 0.3) is 0 Å². The molecule has 0 atom stereocenters. The summed E-state index contributed by atoms with van der Waals surface area (Å²) in [4.78, 5) is 14.8. The Kier molecular flexibility index (Phi) is 5.03. The average molecular weight is 357 g/mol. The molecule has 1 aromatic rings. The first-order chi connectivity index (χ1) is 8.01. The van der Waals surface area contributed by atoms with Crippen molar-refractivity contribution >= 4 is 28.6 Å². The number of ether oxygens (including phenoxy) is 2. The first-order valence-electron chi connectivity index (χ1n) is 4.57. The largest absolute Gasteiger partial charge is 0.495 e. The minimum absolute atomic E-state index is 0.0706. The molecule has 1 aromatic heterocycles. The van der Waals surface area contributed by atoms with Gasteiger partial charge in [-0.2, -0.15) is 0 Å². The normalized spacial score (nSPS) is 10.5. The van der Waals surface area contributed by atoms with Crippen LogP contribution in [-0.4, -0.2) is 25.2 Å². The molecule has 0 bridgehead atoms. The summed E-state index contributed by atoms with van der Waals surface area (Å²) in [6.07, 6.45) is -1.77. The van der Waals surface area contributed by atoms with Crippen LogP contribution in [0.4, 0.5) is 8.78 Å². The molecule has 94 valence electrons. The van der Waals surface area contributed by atoms with Crippen LogP contribution in [-0.2, 0) is 16.0 Å². The number of carbonyl (C=O) groups is 1. The van der Waals surface area contributed by atoms with Gasteiger partial charge in [-0.25, -0.2) is 8.78 Å². The third kappa shape index (κ3) is 3.24. The summed E-state index contributed by atoms with van der Waals surface area (Å²) in [5, 5.41) is 0. The predicted octanol–water partition coefficient (Wildman–Crippen LogP) is 2.35. The number of nitrogens with zero attached hydrogens (tertiary/aromatic N) is 1. The lowest BCUT2D eigenvalue weighted by Crippen LogP contribution is -2.11. The van der Waals surface area contributed by atoms with Crippen molar-refractivity contribution in [2.24, 2.45) is 0 Å². The number of carbonyl (C=O) groups excluding carboxylic acids is 1. The molecule has 0 aliphatic heterocycles. The second-order valence-electron chi connectivity index (χ2n) is 3.06. The van der Waals surface area contributed by atoms with Gasteiger partial charge in [0.2, 0.25) is 0 Å². The molecule has 0 spiro atoms. The zero-order valence-electron chi connectivity index (χ0n) is 9.17. The summed E-state index contributed by atoms with van der Waals surface area (Å²) < 4.78 is 35.6. The Morgan fingerprint density at radius 1 is 1.53 bits per heavy atom. The third-order valence-electron chi connectivity index (χ3n) is 2.08. The zero-order chi connectivity index (χ0) is 13.0. The zero-order valence-corrected chi connectivity index (χ0v) is 11.3. The second-order valence-corrected chi connectivity index (χ2v) is 4.22. The molecule has 0 aromatic carbocycles. The van der Waals surface area contributed by atoms with E-state index >= 15 is 0 Å². The van der Waals surface area contributed by atoms with Gasteiger partial charge < -0.3 is 9.47 Å². The molecule has 0 N–H and O–H groups in total. The van der Waals surface area contributed by atoms with Crippen LogP contribution in [0.5, 0.6) is 5.75 Å². The molecule has 1 heterocycles.